The number of rotatable bonds is 5. The standard InChI is InChI=1S/C18H26ClFN2O2/c1-10-8-13(23)14(16(20)15(10)19)12(9-18(2,3)17(21)24)11-4-6-22-7-5-11/h8,11-12,22-23H,4-7,9H2,1-3H3,(H2,21,24)/t12-/m1/s1. The van der Waals surface area contributed by atoms with E-state index in [-0.39, 0.29) is 28.2 Å². The van der Waals surface area contributed by atoms with Gasteiger partial charge in [-0.2, -0.15) is 0 Å². The van der Waals surface area contributed by atoms with Crippen molar-refractivity contribution in [2.24, 2.45) is 17.1 Å². The number of aromatic hydroxyl groups is 1. The van der Waals surface area contributed by atoms with Crippen LogP contribution < -0.4 is 11.1 Å². The van der Waals surface area contributed by atoms with Crippen LogP contribution in [0.25, 0.3) is 0 Å². The van der Waals surface area contributed by atoms with Crippen LogP contribution >= 0.6 is 11.6 Å². The minimum atomic E-state index is -0.800. The van der Waals surface area contributed by atoms with Crippen molar-refractivity contribution in [3.63, 3.8) is 0 Å². The second-order valence-corrected chi connectivity index (χ2v) is 7.78. The number of phenolic OH excluding ortho intramolecular Hbond substituents is 1. The highest BCUT2D eigenvalue weighted by molar-refractivity contribution is 6.31. The summed E-state index contributed by atoms with van der Waals surface area (Å²) < 4.78 is 14.9. The summed E-state index contributed by atoms with van der Waals surface area (Å²) in [5.74, 6) is -1.27. The number of nitrogens with two attached hydrogens (primary N) is 1. The number of piperidine rings is 1. The fourth-order valence-corrected chi connectivity index (χ4v) is 3.66. The molecule has 1 aromatic rings. The van der Waals surface area contributed by atoms with Crippen molar-refractivity contribution in [2.45, 2.75) is 46.0 Å². The van der Waals surface area contributed by atoms with E-state index in [1.807, 2.05) is 0 Å². The van der Waals surface area contributed by atoms with Gasteiger partial charge in [-0.1, -0.05) is 25.4 Å². The molecule has 0 radical (unpaired) electrons. The van der Waals surface area contributed by atoms with Crippen molar-refractivity contribution in [3.8, 4) is 5.75 Å². The third-order valence-corrected chi connectivity index (χ3v) is 5.59. The van der Waals surface area contributed by atoms with E-state index in [0.717, 1.165) is 25.9 Å². The van der Waals surface area contributed by atoms with Crippen LogP contribution in [0.15, 0.2) is 6.07 Å². The molecule has 1 atom stereocenters. The van der Waals surface area contributed by atoms with Crippen molar-refractivity contribution in [1.82, 2.24) is 5.32 Å². The molecular weight excluding hydrogens is 331 g/mol. The number of benzene rings is 1. The number of halogens is 2. The fraction of sp³-hybridized carbons (Fsp3) is 0.611. The zero-order valence-corrected chi connectivity index (χ0v) is 15.2. The minimum absolute atomic E-state index is 0.0265. The maximum atomic E-state index is 14.9. The molecular formula is C18H26ClFN2O2. The summed E-state index contributed by atoms with van der Waals surface area (Å²) >= 11 is 6.08. The number of nitrogens with one attached hydrogen (secondary N) is 1. The third kappa shape index (κ3) is 3.83. The molecule has 0 spiro atoms. The van der Waals surface area contributed by atoms with Gasteiger partial charge in [0, 0.05) is 11.0 Å². The Morgan fingerprint density at radius 2 is 2.08 bits per heavy atom. The fourth-order valence-electron chi connectivity index (χ4n) is 3.50. The average molecular weight is 357 g/mol. The molecule has 0 bridgehead atoms. The molecule has 4 nitrogen and oxygen atoms in total. The SMILES string of the molecule is Cc1cc(O)c([C@H](CC(C)(C)C(N)=O)C2CCNCC2)c(F)c1Cl. The lowest BCUT2D eigenvalue weighted by atomic mass is 9.71. The lowest BCUT2D eigenvalue weighted by molar-refractivity contribution is -0.126. The topological polar surface area (TPSA) is 75.3 Å². The molecule has 24 heavy (non-hydrogen) atoms. The summed E-state index contributed by atoms with van der Waals surface area (Å²) in [4.78, 5) is 11.8. The quantitative estimate of drug-likeness (QED) is 0.756. The molecule has 6 heteroatoms. The average Bonchev–Trinajstić information content (AvgIpc) is 2.52. The lowest BCUT2D eigenvalue weighted by Gasteiger charge is -2.36. The Labute approximate surface area is 147 Å². The highest BCUT2D eigenvalue weighted by Crippen LogP contribution is 2.46. The van der Waals surface area contributed by atoms with Crippen molar-refractivity contribution < 1.29 is 14.3 Å². The first-order valence-corrected chi connectivity index (χ1v) is 8.71. The molecule has 1 aromatic carbocycles. The predicted molar refractivity (Wildman–Crippen MR) is 93.7 cm³/mol. The number of carbonyl (C=O) groups is 1. The molecule has 4 N–H and O–H groups in total. The Balaban J connectivity index is 2.50. The van der Waals surface area contributed by atoms with Gasteiger partial charge in [0.1, 0.15) is 11.6 Å². The maximum Gasteiger partial charge on any atom is 0.223 e. The summed E-state index contributed by atoms with van der Waals surface area (Å²) in [5, 5.41) is 13.7. The van der Waals surface area contributed by atoms with Crippen LogP contribution in [0.2, 0.25) is 5.02 Å². The monoisotopic (exact) mass is 356 g/mol. The van der Waals surface area contributed by atoms with Gasteiger partial charge in [0.25, 0.3) is 0 Å². The van der Waals surface area contributed by atoms with E-state index in [4.69, 9.17) is 17.3 Å². The molecule has 0 unspecified atom stereocenters. The van der Waals surface area contributed by atoms with Crippen LogP contribution in [0.1, 0.15) is 50.2 Å². The number of hydrogen-bond donors (Lipinski definition) is 3. The normalized spacial score (nSPS) is 17.7. The molecule has 1 aliphatic heterocycles. The van der Waals surface area contributed by atoms with Crippen LogP contribution in [0, 0.1) is 24.1 Å². The molecule has 1 amide bonds. The Bertz CT molecular complexity index is 628. The summed E-state index contributed by atoms with van der Waals surface area (Å²) in [6.45, 7) is 6.84. The van der Waals surface area contributed by atoms with E-state index in [1.165, 1.54) is 6.07 Å². The number of carbonyl (C=O) groups excluding carboxylic acids is 1. The van der Waals surface area contributed by atoms with Gasteiger partial charge >= 0.3 is 0 Å². The van der Waals surface area contributed by atoms with Gasteiger partial charge in [-0.05, 0) is 62.7 Å². The molecule has 1 heterocycles. The summed E-state index contributed by atoms with van der Waals surface area (Å²) in [6, 6.07) is 1.49. The highest BCUT2D eigenvalue weighted by Gasteiger charge is 2.37. The third-order valence-electron chi connectivity index (χ3n) is 5.13. The van der Waals surface area contributed by atoms with E-state index < -0.39 is 17.1 Å². The first-order chi connectivity index (χ1) is 11.1. The van der Waals surface area contributed by atoms with Crippen LogP contribution in [-0.4, -0.2) is 24.1 Å². The first-order valence-electron chi connectivity index (χ1n) is 8.33. The smallest absolute Gasteiger partial charge is 0.223 e. The predicted octanol–water partition coefficient (Wildman–Crippen LogP) is 3.48. The number of aryl methyl sites for hydroxylation is 1. The zero-order chi connectivity index (χ0) is 18.1. The maximum absolute atomic E-state index is 14.9. The van der Waals surface area contributed by atoms with E-state index in [1.54, 1.807) is 20.8 Å². The van der Waals surface area contributed by atoms with Gasteiger partial charge in [0.05, 0.1) is 5.02 Å². The van der Waals surface area contributed by atoms with Crippen molar-refractivity contribution >= 4 is 17.5 Å². The second-order valence-electron chi connectivity index (χ2n) is 7.40. The molecule has 0 aliphatic carbocycles. The number of hydrogen-bond acceptors (Lipinski definition) is 3. The van der Waals surface area contributed by atoms with E-state index >= 15 is 0 Å². The van der Waals surface area contributed by atoms with E-state index in [2.05, 4.69) is 5.32 Å². The van der Waals surface area contributed by atoms with Crippen molar-refractivity contribution in [3.05, 3.63) is 28.0 Å². The molecule has 1 aliphatic rings. The molecule has 2 rings (SSSR count). The zero-order valence-electron chi connectivity index (χ0n) is 14.5. The van der Waals surface area contributed by atoms with Crippen LogP contribution in [-0.2, 0) is 4.79 Å². The molecule has 0 aromatic heterocycles. The van der Waals surface area contributed by atoms with E-state index in [0.29, 0.717) is 12.0 Å². The molecule has 0 saturated carbocycles. The van der Waals surface area contributed by atoms with Crippen LogP contribution in [0.5, 0.6) is 5.75 Å². The van der Waals surface area contributed by atoms with Gasteiger partial charge < -0.3 is 16.2 Å². The Morgan fingerprint density at radius 3 is 2.62 bits per heavy atom. The summed E-state index contributed by atoms with van der Waals surface area (Å²) in [6.07, 6.45) is 2.07. The van der Waals surface area contributed by atoms with E-state index in [9.17, 15) is 14.3 Å². The Kier molecular flexibility index (Phi) is 5.76. The number of primary amides is 1. The summed E-state index contributed by atoms with van der Waals surface area (Å²) in [7, 11) is 0. The molecule has 134 valence electrons. The Morgan fingerprint density at radius 1 is 1.50 bits per heavy atom. The van der Waals surface area contributed by atoms with Crippen molar-refractivity contribution in [1.29, 1.82) is 0 Å². The van der Waals surface area contributed by atoms with Crippen LogP contribution in [0.4, 0.5) is 4.39 Å². The van der Waals surface area contributed by atoms with Gasteiger partial charge in [-0.3, -0.25) is 4.79 Å². The minimum Gasteiger partial charge on any atom is -0.508 e. The molecule has 1 saturated heterocycles. The van der Waals surface area contributed by atoms with Gasteiger partial charge in [-0.25, -0.2) is 4.39 Å². The second kappa shape index (κ2) is 7.28. The highest BCUT2D eigenvalue weighted by atomic mass is 35.5. The lowest BCUT2D eigenvalue weighted by Crippen LogP contribution is -2.37. The first kappa shape index (κ1) is 19.0. The largest absolute Gasteiger partial charge is 0.508 e. The van der Waals surface area contributed by atoms with Gasteiger partial charge in [-0.15, -0.1) is 0 Å². The molecule has 1 fully saturated rings. The van der Waals surface area contributed by atoms with Gasteiger partial charge in [0.2, 0.25) is 5.91 Å². The van der Waals surface area contributed by atoms with Crippen molar-refractivity contribution in [2.75, 3.05) is 13.1 Å². The Hall–Kier alpha value is -1.33. The van der Waals surface area contributed by atoms with Gasteiger partial charge in [0.15, 0.2) is 0 Å². The summed E-state index contributed by atoms with van der Waals surface area (Å²) in [5.41, 5.74) is 5.43. The number of phenols is 1. The van der Waals surface area contributed by atoms with Crippen LogP contribution in [0.3, 0.4) is 0 Å². The number of amides is 1.